The van der Waals surface area contributed by atoms with Crippen LogP contribution in [0.25, 0.3) is 16.7 Å². The quantitative estimate of drug-likeness (QED) is 0.855. The lowest BCUT2D eigenvalue weighted by Gasteiger charge is -2.06. The van der Waals surface area contributed by atoms with Crippen molar-refractivity contribution in [1.29, 1.82) is 0 Å². The van der Waals surface area contributed by atoms with Crippen LogP contribution in [0.15, 0.2) is 48.5 Å². The summed E-state index contributed by atoms with van der Waals surface area (Å²) in [4.78, 5) is 10.7. The normalized spacial score (nSPS) is 11.4. The predicted octanol–water partition coefficient (Wildman–Crippen LogP) is 4.12. The number of allylic oxidation sites excluding steroid dienone is 1. The molecule has 0 heterocycles. The molecule has 0 spiro atoms. The topological polar surface area (TPSA) is 37.3 Å². The van der Waals surface area contributed by atoms with Crippen molar-refractivity contribution < 1.29 is 18.7 Å². The highest BCUT2D eigenvalue weighted by atomic mass is 19.1. The van der Waals surface area contributed by atoms with Gasteiger partial charge in [0.1, 0.15) is 11.6 Å². The number of benzene rings is 2. The Morgan fingerprint density at radius 3 is 2.30 bits per heavy atom. The summed E-state index contributed by atoms with van der Waals surface area (Å²) in [7, 11) is 0. The van der Waals surface area contributed by atoms with Crippen molar-refractivity contribution in [2.24, 2.45) is 0 Å². The van der Waals surface area contributed by atoms with Crippen LogP contribution in [0.1, 0.15) is 12.5 Å². The van der Waals surface area contributed by atoms with Gasteiger partial charge >= 0.3 is 5.97 Å². The number of hydrogen-bond acceptors (Lipinski definition) is 1. The largest absolute Gasteiger partial charge is 0.478 e. The van der Waals surface area contributed by atoms with Crippen molar-refractivity contribution in [3.63, 3.8) is 0 Å². The minimum Gasteiger partial charge on any atom is -0.478 e. The van der Waals surface area contributed by atoms with Crippen molar-refractivity contribution in [2.75, 3.05) is 0 Å². The van der Waals surface area contributed by atoms with Gasteiger partial charge in [-0.05, 0) is 47.4 Å². The molecule has 4 heteroatoms. The number of halogens is 2. The summed E-state index contributed by atoms with van der Waals surface area (Å²) in [5.41, 5.74) is 2.29. The average Bonchev–Trinajstić information content (AvgIpc) is 2.37. The molecule has 0 saturated carbocycles. The lowest BCUT2D eigenvalue weighted by atomic mass is 9.99. The SMILES string of the molecule is C/C(=C\C(=O)O)c1cccc(-c2cc(F)cc(F)c2)c1. The van der Waals surface area contributed by atoms with Crippen molar-refractivity contribution in [2.45, 2.75) is 6.92 Å². The number of aliphatic carboxylic acids is 1. The van der Waals surface area contributed by atoms with E-state index in [0.29, 0.717) is 22.3 Å². The van der Waals surface area contributed by atoms with Gasteiger partial charge in [-0.3, -0.25) is 0 Å². The first kappa shape index (κ1) is 13.9. The third kappa shape index (κ3) is 3.29. The molecule has 1 N–H and O–H groups in total. The maximum Gasteiger partial charge on any atom is 0.328 e. The Morgan fingerprint density at radius 1 is 1.05 bits per heavy atom. The zero-order chi connectivity index (χ0) is 14.7. The molecule has 102 valence electrons. The van der Waals surface area contributed by atoms with E-state index < -0.39 is 17.6 Å². The van der Waals surface area contributed by atoms with E-state index in [0.717, 1.165) is 12.1 Å². The minimum atomic E-state index is -1.04. The first-order chi connectivity index (χ1) is 9.45. The second-order valence-electron chi connectivity index (χ2n) is 4.40. The Morgan fingerprint density at radius 2 is 1.70 bits per heavy atom. The standard InChI is InChI=1S/C16H12F2O2/c1-10(5-16(19)20)11-3-2-4-12(6-11)13-7-14(17)9-15(18)8-13/h2-9H,1H3,(H,19,20)/b10-5+. The second kappa shape index (κ2) is 5.65. The van der Waals surface area contributed by atoms with Crippen LogP contribution in [0, 0.1) is 11.6 Å². The number of carbonyl (C=O) groups is 1. The van der Waals surface area contributed by atoms with Crippen LogP contribution in [-0.2, 0) is 4.79 Å². The molecule has 0 amide bonds. The van der Waals surface area contributed by atoms with Gasteiger partial charge in [-0.2, -0.15) is 0 Å². The third-order valence-electron chi connectivity index (χ3n) is 2.85. The number of carboxylic acids is 1. The number of rotatable bonds is 3. The maximum atomic E-state index is 13.2. The molecule has 2 aromatic rings. The molecule has 2 nitrogen and oxygen atoms in total. The van der Waals surface area contributed by atoms with E-state index in [9.17, 15) is 13.6 Å². The molecular weight excluding hydrogens is 262 g/mol. The van der Waals surface area contributed by atoms with Gasteiger partial charge in [0.05, 0.1) is 0 Å². The second-order valence-corrected chi connectivity index (χ2v) is 4.40. The Balaban J connectivity index is 2.46. The Bertz CT molecular complexity index is 670. The molecule has 0 aliphatic carbocycles. The highest BCUT2D eigenvalue weighted by Gasteiger charge is 2.05. The molecule has 0 aliphatic rings. The molecular formula is C16H12F2O2. The highest BCUT2D eigenvalue weighted by molar-refractivity contribution is 5.90. The van der Waals surface area contributed by atoms with Gasteiger partial charge in [-0.25, -0.2) is 13.6 Å². The first-order valence-electron chi connectivity index (χ1n) is 5.94. The van der Waals surface area contributed by atoms with Gasteiger partial charge in [-0.15, -0.1) is 0 Å². The monoisotopic (exact) mass is 274 g/mol. The van der Waals surface area contributed by atoms with Crippen molar-refractivity contribution in [3.05, 3.63) is 65.7 Å². The molecule has 20 heavy (non-hydrogen) atoms. The molecule has 0 aromatic heterocycles. The van der Waals surface area contributed by atoms with Gasteiger partial charge in [0, 0.05) is 12.1 Å². The molecule has 0 aliphatic heterocycles. The van der Waals surface area contributed by atoms with Gasteiger partial charge in [-0.1, -0.05) is 18.2 Å². The smallest absolute Gasteiger partial charge is 0.328 e. The van der Waals surface area contributed by atoms with Gasteiger partial charge in [0.15, 0.2) is 0 Å². The predicted molar refractivity (Wildman–Crippen MR) is 73.1 cm³/mol. The molecule has 0 unspecified atom stereocenters. The van der Waals surface area contributed by atoms with E-state index in [1.807, 2.05) is 0 Å². The Labute approximate surface area is 115 Å². The summed E-state index contributed by atoms with van der Waals surface area (Å²) in [6.07, 6.45) is 1.09. The van der Waals surface area contributed by atoms with E-state index in [4.69, 9.17) is 5.11 Å². The Hall–Kier alpha value is -2.49. The molecule has 0 atom stereocenters. The van der Waals surface area contributed by atoms with Gasteiger partial charge < -0.3 is 5.11 Å². The lowest BCUT2D eigenvalue weighted by Crippen LogP contribution is -1.91. The van der Waals surface area contributed by atoms with E-state index in [1.165, 1.54) is 12.1 Å². The van der Waals surface area contributed by atoms with Crippen LogP contribution in [0.2, 0.25) is 0 Å². The molecule has 0 radical (unpaired) electrons. The van der Waals surface area contributed by atoms with Crippen LogP contribution in [0.5, 0.6) is 0 Å². The number of carboxylic acid groups (broad SMARTS) is 1. The van der Waals surface area contributed by atoms with Crippen LogP contribution >= 0.6 is 0 Å². The lowest BCUT2D eigenvalue weighted by molar-refractivity contribution is -0.131. The van der Waals surface area contributed by atoms with Crippen LogP contribution in [-0.4, -0.2) is 11.1 Å². The summed E-state index contributed by atoms with van der Waals surface area (Å²) < 4.78 is 26.4. The summed E-state index contributed by atoms with van der Waals surface area (Å²) in [5, 5.41) is 8.73. The van der Waals surface area contributed by atoms with Crippen molar-refractivity contribution >= 4 is 11.5 Å². The molecule has 0 bridgehead atoms. The minimum absolute atomic E-state index is 0.410. The summed E-state index contributed by atoms with van der Waals surface area (Å²) in [6, 6.07) is 10.1. The van der Waals surface area contributed by atoms with E-state index in [2.05, 4.69) is 0 Å². The van der Waals surface area contributed by atoms with Crippen molar-refractivity contribution in [3.8, 4) is 11.1 Å². The fraction of sp³-hybridized carbons (Fsp3) is 0.0625. The zero-order valence-electron chi connectivity index (χ0n) is 10.7. The first-order valence-corrected chi connectivity index (χ1v) is 5.94. The number of hydrogen-bond donors (Lipinski definition) is 1. The fourth-order valence-corrected chi connectivity index (χ4v) is 1.93. The van der Waals surface area contributed by atoms with Crippen LogP contribution < -0.4 is 0 Å². The molecule has 0 saturated heterocycles. The summed E-state index contributed by atoms with van der Waals surface area (Å²) in [6.45, 7) is 1.67. The molecule has 2 aromatic carbocycles. The summed E-state index contributed by atoms with van der Waals surface area (Å²) in [5.74, 6) is -2.34. The maximum absolute atomic E-state index is 13.2. The Kier molecular flexibility index (Phi) is 3.94. The average molecular weight is 274 g/mol. The fourth-order valence-electron chi connectivity index (χ4n) is 1.93. The van der Waals surface area contributed by atoms with Crippen molar-refractivity contribution in [1.82, 2.24) is 0 Å². The van der Waals surface area contributed by atoms with Crippen LogP contribution in [0.3, 0.4) is 0 Å². The molecule has 2 rings (SSSR count). The van der Waals surface area contributed by atoms with E-state index in [1.54, 1.807) is 31.2 Å². The summed E-state index contributed by atoms with van der Waals surface area (Å²) >= 11 is 0. The van der Waals surface area contributed by atoms with Gasteiger partial charge in [0.2, 0.25) is 0 Å². The highest BCUT2D eigenvalue weighted by Crippen LogP contribution is 2.25. The van der Waals surface area contributed by atoms with Crippen LogP contribution in [0.4, 0.5) is 8.78 Å². The zero-order valence-corrected chi connectivity index (χ0v) is 10.7. The van der Waals surface area contributed by atoms with Gasteiger partial charge in [0.25, 0.3) is 0 Å². The third-order valence-corrected chi connectivity index (χ3v) is 2.85. The van der Waals surface area contributed by atoms with E-state index >= 15 is 0 Å². The molecule has 0 fully saturated rings. The van der Waals surface area contributed by atoms with E-state index in [-0.39, 0.29) is 0 Å².